The van der Waals surface area contributed by atoms with Crippen molar-refractivity contribution in [2.75, 3.05) is 0 Å². The predicted molar refractivity (Wildman–Crippen MR) is 77.5 cm³/mol. The number of benzene rings is 1. The molecule has 0 saturated carbocycles. The summed E-state index contributed by atoms with van der Waals surface area (Å²) in [5.41, 5.74) is 0.437. The molecule has 19 heavy (non-hydrogen) atoms. The van der Waals surface area contributed by atoms with Crippen LogP contribution >= 0.6 is 27.5 Å². The van der Waals surface area contributed by atoms with Gasteiger partial charge in [-0.25, -0.2) is 0 Å². The van der Waals surface area contributed by atoms with Crippen LogP contribution in [0.15, 0.2) is 22.7 Å². The molecule has 1 aromatic carbocycles. The molecule has 6 heteroatoms. The lowest BCUT2D eigenvalue weighted by Gasteiger charge is -2.20. The minimum atomic E-state index is -0.934. The van der Waals surface area contributed by atoms with Gasteiger partial charge in [0.05, 0.1) is 11.4 Å². The number of rotatable bonds is 5. The van der Waals surface area contributed by atoms with E-state index in [4.69, 9.17) is 16.7 Å². The van der Waals surface area contributed by atoms with Gasteiger partial charge in [0.15, 0.2) is 0 Å². The first kappa shape index (κ1) is 16.0. The summed E-state index contributed by atoms with van der Waals surface area (Å²) in [6.45, 7) is 3.73. The van der Waals surface area contributed by atoms with Gasteiger partial charge in [0.25, 0.3) is 5.91 Å². The standard InChI is InChI=1S/C13H15BrClNO3/c1-7(2)11(6-12(17)18)16-13(19)8-3-4-10(15)9(14)5-8/h3-5,7,11H,6H2,1-2H3,(H,16,19)(H,17,18). The lowest BCUT2D eigenvalue weighted by molar-refractivity contribution is -0.137. The Labute approximate surface area is 125 Å². The number of carbonyl (C=O) groups is 2. The van der Waals surface area contributed by atoms with Crippen molar-refractivity contribution in [1.29, 1.82) is 0 Å². The van der Waals surface area contributed by atoms with Gasteiger partial charge in [0, 0.05) is 16.1 Å². The summed E-state index contributed by atoms with van der Waals surface area (Å²) < 4.78 is 0.626. The highest BCUT2D eigenvalue weighted by Gasteiger charge is 2.20. The Morgan fingerprint density at radius 3 is 2.53 bits per heavy atom. The van der Waals surface area contributed by atoms with Gasteiger partial charge in [0.1, 0.15) is 0 Å². The number of aliphatic carboxylic acids is 1. The Kier molecular flexibility index (Phi) is 5.82. The Hall–Kier alpha value is -1.07. The molecular weight excluding hydrogens is 334 g/mol. The highest BCUT2D eigenvalue weighted by Crippen LogP contribution is 2.23. The van der Waals surface area contributed by atoms with Gasteiger partial charge in [-0.1, -0.05) is 25.4 Å². The second-order valence-corrected chi connectivity index (χ2v) is 5.81. The highest BCUT2D eigenvalue weighted by atomic mass is 79.9. The molecule has 0 aromatic heterocycles. The second-order valence-electron chi connectivity index (χ2n) is 4.55. The van der Waals surface area contributed by atoms with Crippen LogP contribution in [0.4, 0.5) is 0 Å². The maximum Gasteiger partial charge on any atom is 0.305 e. The molecule has 0 saturated heterocycles. The van der Waals surface area contributed by atoms with Crippen molar-refractivity contribution in [1.82, 2.24) is 5.32 Å². The minimum absolute atomic E-state index is 0.0378. The molecular formula is C13H15BrClNO3. The van der Waals surface area contributed by atoms with E-state index in [1.165, 1.54) is 0 Å². The Morgan fingerprint density at radius 2 is 2.05 bits per heavy atom. The fraction of sp³-hybridized carbons (Fsp3) is 0.385. The SMILES string of the molecule is CC(C)C(CC(=O)O)NC(=O)c1ccc(Cl)c(Br)c1. The molecule has 1 atom stereocenters. The van der Waals surface area contributed by atoms with Gasteiger partial charge in [-0.2, -0.15) is 0 Å². The van der Waals surface area contributed by atoms with Crippen LogP contribution < -0.4 is 5.32 Å². The van der Waals surface area contributed by atoms with Crippen LogP contribution in [0.1, 0.15) is 30.6 Å². The van der Waals surface area contributed by atoms with E-state index < -0.39 is 12.0 Å². The van der Waals surface area contributed by atoms with Crippen molar-refractivity contribution in [2.45, 2.75) is 26.3 Å². The van der Waals surface area contributed by atoms with Gasteiger partial charge in [0.2, 0.25) is 0 Å². The molecule has 0 spiro atoms. The lowest BCUT2D eigenvalue weighted by Crippen LogP contribution is -2.40. The Bertz CT molecular complexity index is 491. The van der Waals surface area contributed by atoms with Crippen LogP contribution in [-0.2, 0) is 4.79 Å². The summed E-state index contributed by atoms with van der Waals surface area (Å²) in [7, 11) is 0. The third-order valence-corrected chi connectivity index (χ3v) is 3.91. The molecule has 1 unspecified atom stereocenters. The smallest absolute Gasteiger partial charge is 0.305 e. The Morgan fingerprint density at radius 1 is 1.42 bits per heavy atom. The van der Waals surface area contributed by atoms with E-state index in [9.17, 15) is 9.59 Å². The average molecular weight is 349 g/mol. The topological polar surface area (TPSA) is 66.4 Å². The lowest BCUT2D eigenvalue weighted by atomic mass is 10.0. The number of carboxylic acids is 1. The second kappa shape index (κ2) is 6.91. The zero-order valence-corrected chi connectivity index (χ0v) is 13.0. The first-order valence-corrected chi connectivity index (χ1v) is 6.96. The fourth-order valence-corrected chi connectivity index (χ4v) is 2.03. The molecule has 0 aliphatic carbocycles. The molecule has 0 fully saturated rings. The number of carbonyl (C=O) groups excluding carboxylic acids is 1. The van der Waals surface area contributed by atoms with Crippen molar-refractivity contribution in [3.63, 3.8) is 0 Å². The highest BCUT2D eigenvalue weighted by molar-refractivity contribution is 9.10. The van der Waals surface area contributed by atoms with Gasteiger partial charge in [-0.05, 0) is 40.0 Å². The van der Waals surface area contributed by atoms with E-state index in [0.29, 0.717) is 15.1 Å². The van der Waals surface area contributed by atoms with E-state index in [0.717, 1.165) is 0 Å². The molecule has 4 nitrogen and oxygen atoms in total. The third kappa shape index (κ3) is 4.84. The molecule has 1 rings (SSSR count). The number of halogens is 2. The van der Waals surface area contributed by atoms with Gasteiger partial charge in [-0.3, -0.25) is 9.59 Å². The fourth-order valence-electron chi connectivity index (χ4n) is 1.53. The van der Waals surface area contributed by atoms with E-state index in [1.807, 2.05) is 13.8 Å². The van der Waals surface area contributed by atoms with Crippen molar-refractivity contribution in [3.8, 4) is 0 Å². The average Bonchev–Trinajstić information content (AvgIpc) is 2.31. The summed E-state index contributed by atoms with van der Waals surface area (Å²) in [6, 6.07) is 4.41. The zero-order valence-electron chi connectivity index (χ0n) is 10.6. The molecule has 1 amide bonds. The summed E-state index contributed by atoms with van der Waals surface area (Å²) in [4.78, 5) is 22.8. The molecule has 0 heterocycles. The first-order chi connectivity index (χ1) is 8.81. The summed E-state index contributed by atoms with van der Waals surface area (Å²) in [5.74, 6) is -1.20. The van der Waals surface area contributed by atoms with Gasteiger partial charge >= 0.3 is 5.97 Å². The number of hydrogen-bond donors (Lipinski definition) is 2. The molecule has 2 N–H and O–H groups in total. The molecule has 104 valence electrons. The van der Waals surface area contributed by atoms with E-state index in [2.05, 4.69) is 21.2 Å². The van der Waals surface area contributed by atoms with Crippen molar-refractivity contribution < 1.29 is 14.7 Å². The summed E-state index contributed by atoms with van der Waals surface area (Å²) >= 11 is 9.10. The maximum absolute atomic E-state index is 12.0. The van der Waals surface area contributed by atoms with Gasteiger partial charge in [-0.15, -0.1) is 0 Å². The van der Waals surface area contributed by atoms with Crippen LogP contribution in [-0.4, -0.2) is 23.0 Å². The number of hydrogen-bond acceptors (Lipinski definition) is 2. The van der Waals surface area contributed by atoms with Crippen molar-refractivity contribution in [2.24, 2.45) is 5.92 Å². The van der Waals surface area contributed by atoms with Crippen LogP contribution in [0, 0.1) is 5.92 Å². The van der Waals surface area contributed by atoms with Crippen LogP contribution in [0.25, 0.3) is 0 Å². The van der Waals surface area contributed by atoms with Gasteiger partial charge < -0.3 is 10.4 Å². The van der Waals surface area contributed by atoms with E-state index >= 15 is 0 Å². The molecule has 0 aliphatic rings. The predicted octanol–water partition coefficient (Wildman–Crippen LogP) is 3.33. The molecule has 0 bridgehead atoms. The molecule has 0 radical (unpaired) electrons. The minimum Gasteiger partial charge on any atom is -0.481 e. The summed E-state index contributed by atoms with van der Waals surface area (Å²) in [5, 5.41) is 12.1. The first-order valence-electron chi connectivity index (χ1n) is 5.79. The maximum atomic E-state index is 12.0. The van der Waals surface area contributed by atoms with E-state index in [1.54, 1.807) is 18.2 Å². The molecule has 0 aliphatic heterocycles. The van der Waals surface area contributed by atoms with Crippen molar-refractivity contribution >= 4 is 39.4 Å². The normalized spacial score (nSPS) is 12.3. The number of carboxylic acid groups (broad SMARTS) is 1. The number of nitrogens with one attached hydrogen (secondary N) is 1. The molecule has 1 aromatic rings. The summed E-state index contributed by atoms with van der Waals surface area (Å²) in [6.07, 6.45) is -0.0990. The van der Waals surface area contributed by atoms with Crippen LogP contribution in [0.5, 0.6) is 0 Å². The van der Waals surface area contributed by atoms with Crippen LogP contribution in [0.2, 0.25) is 5.02 Å². The quantitative estimate of drug-likeness (QED) is 0.857. The number of amides is 1. The Balaban J connectivity index is 2.81. The van der Waals surface area contributed by atoms with Crippen molar-refractivity contribution in [3.05, 3.63) is 33.3 Å². The monoisotopic (exact) mass is 347 g/mol. The van der Waals surface area contributed by atoms with E-state index in [-0.39, 0.29) is 18.2 Å². The largest absolute Gasteiger partial charge is 0.481 e. The zero-order chi connectivity index (χ0) is 14.6. The van der Waals surface area contributed by atoms with Crippen LogP contribution in [0.3, 0.4) is 0 Å². The third-order valence-electron chi connectivity index (χ3n) is 2.70.